The van der Waals surface area contributed by atoms with E-state index in [0.29, 0.717) is 24.5 Å². The fourth-order valence-electron chi connectivity index (χ4n) is 3.62. The molecule has 1 N–H and O–H groups in total. The van der Waals surface area contributed by atoms with Crippen LogP contribution in [0.5, 0.6) is 0 Å². The fraction of sp³-hybridized carbons (Fsp3) is 0.200. The molecule has 0 aromatic carbocycles. The van der Waals surface area contributed by atoms with Crippen molar-refractivity contribution in [2.45, 2.75) is 12.5 Å². The van der Waals surface area contributed by atoms with Gasteiger partial charge in [-0.25, -0.2) is 15.0 Å². The maximum atomic E-state index is 13.1. The Morgan fingerprint density at radius 2 is 2.03 bits per heavy atom. The van der Waals surface area contributed by atoms with Crippen molar-refractivity contribution >= 4 is 5.91 Å². The summed E-state index contributed by atoms with van der Waals surface area (Å²) in [6, 6.07) is 3.71. The van der Waals surface area contributed by atoms with Crippen LogP contribution in [0.3, 0.4) is 0 Å². The Balaban J connectivity index is 1.41. The standard InChI is InChI=1S/C20H18N8O/c1-27-9-15(8-26-27)16-10-28(11-17-18(16)25-12-24-17)20(29)14-6-22-19(23-7-14)13-3-2-4-21-5-13/h2-9,12,16H,10-11H2,1H3,(H,24,25). The lowest BCUT2D eigenvalue weighted by Gasteiger charge is -2.31. The first kappa shape index (κ1) is 17.2. The Bertz CT molecular complexity index is 1150. The highest BCUT2D eigenvalue weighted by atomic mass is 16.2. The monoisotopic (exact) mass is 386 g/mol. The average molecular weight is 386 g/mol. The van der Waals surface area contributed by atoms with E-state index in [4.69, 9.17) is 0 Å². The maximum Gasteiger partial charge on any atom is 0.257 e. The van der Waals surface area contributed by atoms with Gasteiger partial charge in [0.1, 0.15) is 0 Å². The van der Waals surface area contributed by atoms with E-state index in [0.717, 1.165) is 22.5 Å². The number of hydrogen-bond acceptors (Lipinski definition) is 6. The predicted octanol–water partition coefficient (Wildman–Crippen LogP) is 1.78. The molecular weight excluding hydrogens is 368 g/mol. The van der Waals surface area contributed by atoms with Crippen molar-refractivity contribution in [2.75, 3.05) is 6.54 Å². The molecule has 1 atom stereocenters. The number of fused-ring (bicyclic) bond motifs is 1. The van der Waals surface area contributed by atoms with Gasteiger partial charge in [-0.05, 0) is 12.1 Å². The number of nitrogens with zero attached hydrogens (tertiary/aromatic N) is 7. The third-order valence-corrected chi connectivity index (χ3v) is 5.07. The van der Waals surface area contributed by atoms with Crippen LogP contribution in [0.2, 0.25) is 0 Å². The maximum absolute atomic E-state index is 13.1. The zero-order valence-corrected chi connectivity index (χ0v) is 15.7. The van der Waals surface area contributed by atoms with E-state index in [2.05, 4.69) is 30.0 Å². The molecule has 29 heavy (non-hydrogen) atoms. The van der Waals surface area contributed by atoms with Crippen LogP contribution in [-0.4, -0.2) is 52.1 Å². The van der Waals surface area contributed by atoms with E-state index >= 15 is 0 Å². The fourth-order valence-corrected chi connectivity index (χ4v) is 3.62. The molecule has 0 spiro atoms. The first-order valence-corrected chi connectivity index (χ1v) is 9.21. The number of aromatic amines is 1. The molecule has 4 aromatic heterocycles. The quantitative estimate of drug-likeness (QED) is 0.575. The SMILES string of the molecule is Cn1cc(C2CN(C(=O)c3cnc(-c4cccnc4)nc3)Cc3[nH]cnc32)cn1. The highest BCUT2D eigenvalue weighted by molar-refractivity contribution is 5.94. The van der Waals surface area contributed by atoms with Crippen molar-refractivity contribution in [3.8, 4) is 11.4 Å². The van der Waals surface area contributed by atoms with E-state index in [9.17, 15) is 4.79 Å². The number of hydrogen-bond donors (Lipinski definition) is 1. The minimum atomic E-state index is -0.114. The first-order valence-electron chi connectivity index (χ1n) is 9.21. The first-order chi connectivity index (χ1) is 14.2. The minimum Gasteiger partial charge on any atom is -0.347 e. The van der Waals surface area contributed by atoms with Crippen molar-refractivity contribution in [3.05, 3.63) is 78.2 Å². The van der Waals surface area contributed by atoms with Crippen LogP contribution in [0.25, 0.3) is 11.4 Å². The number of carbonyl (C=O) groups excluding carboxylic acids is 1. The molecule has 1 aliphatic heterocycles. The van der Waals surface area contributed by atoms with Crippen LogP contribution in [0.4, 0.5) is 0 Å². The molecule has 1 aliphatic rings. The molecule has 0 fully saturated rings. The number of carbonyl (C=O) groups is 1. The summed E-state index contributed by atoms with van der Waals surface area (Å²) in [6.45, 7) is 0.988. The summed E-state index contributed by atoms with van der Waals surface area (Å²) in [7, 11) is 1.88. The van der Waals surface area contributed by atoms with Gasteiger partial charge < -0.3 is 9.88 Å². The van der Waals surface area contributed by atoms with Crippen molar-refractivity contribution < 1.29 is 4.79 Å². The van der Waals surface area contributed by atoms with E-state index in [1.807, 2.05) is 31.6 Å². The molecule has 0 radical (unpaired) electrons. The Hall–Kier alpha value is -3.88. The topological polar surface area (TPSA) is 105 Å². The predicted molar refractivity (Wildman–Crippen MR) is 104 cm³/mol. The third kappa shape index (κ3) is 3.16. The van der Waals surface area contributed by atoms with Gasteiger partial charge in [-0.15, -0.1) is 0 Å². The molecule has 9 heteroatoms. The van der Waals surface area contributed by atoms with Crippen LogP contribution in [0.15, 0.2) is 55.6 Å². The number of aryl methyl sites for hydroxylation is 1. The van der Waals surface area contributed by atoms with Crippen molar-refractivity contribution in [2.24, 2.45) is 7.05 Å². The molecule has 9 nitrogen and oxygen atoms in total. The smallest absolute Gasteiger partial charge is 0.257 e. The normalized spacial score (nSPS) is 15.9. The molecule has 4 aromatic rings. The Labute approximate surface area is 166 Å². The summed E-state index contributed by atoms with van der Waals surface area (Å²) in [4.78, 5) is 35.3. The van der Waals surface area contributed by atoms with E-state index in [-0.39, 0.29) is 11.8 Å². The van der Waals surface area contributed by atoms with Gasteiger partial charge in [-0.1, -0.05) is 0 Å². The van der Waals surface area contributed by atoms with Gasteiger partial charge in [-0.2, -0.15) is 5.10 Å². The molecule has 0 bridgehead atoms. The van der Waals surface area contributed by atoms with E-state index in [1.54, 1.807) is 40.7 Å². The lowest BCUT2D eigenvalue weighted by atomic mass is 9.93. The number of rotatable bonds is 3. The van der Waals surface area contributed by atoms with Crippen LogP contribution in [0.1, 0.15) is 33.2 Å². The van der Waals surface area contributed by atoms with Crippen molar-refractivity contribution in [3.63, 3.8) is 0 Å². The molecule has 1 unspecified atom stereocenters. The molecule has 1 amide bonds. The lowest BCUT2D eigenvalue weighted by Crippen LogP contribution is -2.38. The van der Waals surface area contributed by atoms with Gasteiger partial charge in [0.15, 0.2) is 5.82 Å². The number of H-pyrrole nitrogens is 1. The number of nitrogens with one attached hydrogen (secondary N) is 1. The summed E-state index contributed by atoms with van der Waals surface area (Å²) < 4.78 is 1.76. The largest absolute Gasteiger partial charge is 0.347 e. The molecule has 0 aliphatic carbocycles. The second-order valence-electron chi connectivity index (χ2n) is 6.99. The minimum absolute atomic E-state index is 0.0294. The number of imidazole rings is 1. The van der Waals surface area contributed by atoms with E-state index < -0.39 is 0 Å². The van der Waals surface area contributed by atoms with Gasteiger partial charge in [0.25, 0.3) is 5.91 Å². The molecule has 5 heterocycles. The summed E-state index contributed by atoms with van der Waals surface area (Å²) in [5, 5.41) is 4.27. The Morgan fingerprint density at radius 3 is 2.76 bits per heavy atom. The van der Waals surface area contributed by atoms with Crippen molar-refractivity contribution in [1.82, 2.24) is 39.6 Å². The Morgan fingerprint density at radius 1 is 1.17 bits per heavy atom. The molecule has 144 valence electrons. The third-order valence-electron chi connectivity index (χ3n) is 5.07. The molecule has 0 saturated carbocycles. The van der Waals surface area contributed by atoms with Gasteiger partial charge in [0.2, 0.25) is 0 Å². The van der Waals surface area contributed by atoms with Gasteiger partial charge in [-0.3, -0.25) is 14.5 Å². The summed E-state index contributed by atoms with van der Waals surface area (Å²) in [5.74, 6) is 0.396. The molecule has 0 saturated heterocycles. The van der Waals surface area contributed by atoms with Crippen LogP contribution >= 0.6 is 0 Å². The van der Waals surface area contributed by atoms with Gasteiger partial charge in [0, 0.05) is 61.6 Å². The van der Waals surface area contributed by atoms with Crippen LogP contribution in [0, 0.1) is 0 Å². The second-order valence-corrected chi connectivity index (χ2v) is 6.99. The van der Waals surface area contributed by atoms with Gasteiger partial charge >= 0.3 is 0 Å². The van der Waals surface area contributed by atoms with Crippen molar-refractivity contribution in [1.29, 1.82) is 0 Å². The zero-order chi connectivity index (χ0) is 19.8. The molecule has 5 rings (SSSR count). The summed E-state index contributed by atoms with van der Waals surface area (Å²) in [5.41, 5.74) is 4.19. The van der Waals surface area contributed by atoms with E-state index in [1.165, 1.54) is 0 Å². The van der Waals surface area contributed by atoms with Crippen LogP contribution < -0.4 is 0 Å². The lowest BCUT2D eigenvalue weighted by molar-refractivity contribution is 0.0721. The number of amides is 1. The average Bonchev–Trinajstić information content (AvgIpc) is 3.42. The highest BCUT2D eigenvalue weighted by Crippen LogP contribution is 2.31. The molecular formula is C20H18N8O. The number of aromatic nitrogens is 7. The van der Waals surface area contributed by atoms with Gasteiger partial charge in [0.05, 0.1) is 36.0 Å². The highest BCUT2D eigenvalue weighted by Gasteiger charge is 2.32. The van der Waals surface area contributed by atoms with Crippen LogP contribution in [-0.2, 0) is 13.6 Å². The second kappa shape index (κ2) is 6.93. The zero-order valence-electron chi connectivity index (χ0n) is 15.7. The Kier molecular flexibility index (Phi) is 4.12. The number of pyridine rings is 1. The summed E-state index contributed by atoms with van der Waals surface area (Å²) in [6.07, 6.45) is 12.0. The summed E-state index contributed by atoms with van der Waals surface area (Å²) >= 11 is 0.